The van der Waals surface area contributed by atoms with Crippen LogP contribution in [0.2, 0.25) is 0 Å². The molecule has 1 N–H and O–H groups in total. The molecule has 0 saturated heterocycles. The van der Waals surface area contributed by atoms with Crippen molar-refractivity contribution in [3.05, 3.63) is 27.2 Å². The fourth-order valence-corrected chi connectivity index (χ4v) is 3.31. The fraction of sp³-hybridized carbons (Fsp3) is 0.429. The molecule has 3 rings (SSSR count). The Hall–Kier alpha value is -1.34. The molecule has 0 fully saturated rings. The number of nitrogens with one attached hydrogen (secondary N) is 1. The van der Waals surface area contributed by atoms with Gasteiger partial charge in [0.1, 0.15) is 5.01 Å². The summed E-state index contributed by atoms with van der Waals surface area (Å²) in [5.41, 5.74) is 1.11. The lowest BCUT2D eigenvalue weighted by atomic mass is 10.2. The third-order valence-corrected chi connectivity index (χ3v) is 4.69. The van der Waals surface area contributed by atoms with Gasteiger partial charge in [0.15, 0.2) is 11.5 Å². The Bertz CT molecular complexity index is 633. The first kappa shape index (κ1) is 14.6. The second-order valence-electron chi connectivity index (χ2n) is 4.66. The van der Waals surface area contributed by atoms with Gasteiger partial charge in [-0.15, -0.1) is 10.2 Å². The van der Waals surface area contributed by atoms with Crippen molar-refractivity contribution in [2.45, 2.75) is 26.3 Å². The summed E-state index contributed by atoms with van der Waals surface area (Å²) < 4.78 is 12.4. The maximum atomic E-state index is 5.74. The van der Waals surface area contributed by atoms with Crippen molar-refractivity contribution >= 4 is 32.4 Å². The van der Waals surface area contributed by atoms with Crippen molar-refractivity contribution in [2.75, 3.05) is 18.5 Å². The van der Waals surface area contributed by atoms with Crippen LogP contribution in [0.3, 0.4) is 0 Å². The van der Waals surface area contributed by atoms with Gasteiger partial charge in [0.2, 0.25) is 5.13 Å². The van der Waals surface area contributed by atoms with Gasteiger partial charge in [-0.1, -0.05) is 18.3 Å². The lowest BCUT2D eigenvalue weighted by Gasteiger charge is -2.12. The number of fused-ring (bicyclic) bond motifs is 1. The number of hydrogen-bond acceptors (Lipinski definition) is 6. The number of benzene rings is 1. The smallest absolute Gasteiger partial charge is 0.205 e. The molecule has 0 amide bonds. The first-order valence-electron chi connectivity index (χ1n) is 6.90. The Labute approximate surface area is 135 Å². The number of anilines is 1. The van der Waals surface area contributed by atoms with E-state index < -0.39 is 0 Å². The predicted octanol–water partition coefficient (Wildman–Crippen LogP) is 3.64. The minimum Gasteiger partial charge on any atom is -0.490 e. The van der Waals surface area contributed by atoms with Crippen LogP contribution in [0.15, 0.2) is 16.6 Å². The summed E-state index contributed by atoms with van der Waals surface area (Å²) in [7, 11) is 0. The van der Waals surface area contributed by atoms with E-state index in [2.05, 4.69) is 38.4 Å². The minimum absolute atomic E-state index is 0.674. The van der Waals surface area contributed by atoms with Crippen molar-refractivity contribution in [2.24, 2.45) is 0 Å². The Morgan fingerprint density at radius 1 is 1.29 bits per heavy atom. The number of aromatic nitrogens is 2. The molecule has 0 atom stereocenters. The summed E-state index contributed by atoms with van der Waals surface area (Å²) in [6, 6.07) is 4.06. The molecule has 7 heteroatoms. The third kappa shape index (κ3) is 3.47. The van der Waals surface area contributed by atoms with Gasteiger partial charge in [0.05, 0.1) is 17.7 Å². The molecule has 1 aromatic carbocycles. The van der Waals surface area contributed by atoms with E-state index in [4.69, 9.17) is 9.47 Å². The number of ether oxygens (including phenoxy) is 2. The molecule has 0 bridgehead atoms. The SMILES string of the molecule is CCc1nnc(NCc2cc(Br)c3c(c2)OCCCO3)s1. The van der Waals surface area contributed by atoms with Crippen LogP contribution in [-0.4, -0.2) is 23.4 Å². The van der Waals surface area contributed by atoms with Crippen LogP contribution >= 0.6 is 27.3 Å². The van der Waals surface area contributed by atoms with E-state index >= 15 is 0 Å². The standard InChI is InChI=1S/C14H16BrN3O2S/c1-2-12-17-18-14(21-12)16-8-9-6-10(15)13-11(7-9)19-4-3-5-20-13/h6-7H,2-5,8H2,1H3,(H,16,18). The van der Waals surface area contributed by atoms with Crippen LogP contribution in [0, 0.1) is 0 Å². The lowest BCUT2D eigenvalue weighted by molar-refractivity contribution is 0.296. The highest BCUT2D eigenvalue weighted by Crippen LogP contribution is 2.38. The Morgan fingerprint density at radius 2 is 2.14 bits per heavy atom. The normalized spacial score (nSPS) is 13.8. The second kappa shape index (κ2) is 6.62. The Morgan fingerprint density at radius 3 is 2.95 bits per heavy atom. The van der Waals surface area contributed by atoms with E-state index in [1.54, 1.807) is 11.3 Å². The van der Waals surface area contributed by atoms with E-state index in [-0.39, 0.29) is 0 Å². The van der Waals surface area contributed by atoms with Gasteiger partial charge in [-0.2, -0.15) is 0 Å². The zero-order valence-corrected chi connectivity index (χ0v) is 14.1. The van der Waals surface area contributed by atoms with Crippen molar-refractivity contribution in [3.8, 4) is 11.5 Å². The molecule has 1 aromatic heterocycles. The number of nitrogens with zero attached hydrogens (tertiary/aromatic N) is 2. The molecule has 0 saturated carbocycles. The molecule has 0 unspecified atom stereocenters. The summed E-state index contributed by atoms with van der Waals surface area (Å²) >= 11 is 5.14. The molecule has 1 aliphatic rings. The fourth-order valence-electron chi connectivity index (χ4n) is 2.03. The van der Waals surface area contributed by atoms with E-state index in [9.17, 15) is 0 Å². The molecule has 5 nitrogen and oxygen atoms in total. The molecule has 2 aromatic rings. The first-order chi connectivity index (χ1) is 10.3. The molecular formula is C14H16BrN3O2S. The largest absolute Gasteiger partial charge is 0.490 e. The van der Waals surface area contributed by atoms with E-state index in [0.29, 0.717) is 19.8 Å². The maximum Gasteiger partial charge on any atom is 0.205 e. The van der Waals surface area contributed by atoms with Crippen molar-refractivity contribution in [3.63, 3.8) is 0 Å². The summed E-state index contributed by atoms with van der Waals surface area (Å²) in [6.07, 6.45) is 1.81. The molecular weight excluding hydrogens is 354 g/mol. The van der Waals surface area contributed by atoms with Gasteiger partial charge in [-0.05, 0) is 40.0 Å². The highest BCUT2D eigenvalue weighted by molar-refractivity contribution is 9.10. The number of rotatable bonds is 4. The maximum absolute atomic E-state index is 5.74. The van der Waals surface area contributed by atoms with Gasteiger partial charge < -0.3 is 14.8 Å². The van der Waals surface area contributed by atoms with E-state index in [1.165, 1.54) is 0 Å². The summed E-state index contributed by atoms with van der Waals surface area (Å²) in [6.45, 7) is 4.12. The third-order valence-electron chi connectivity index (χ3n) is 3.07. The van der Waals surface area contributed by atoms with Crippen LogP contribution in [0.1, 0.15) is 23.9 Å². The van der Waals surface area contributed by atoms with E-state index in [1.807, 2.05) is 12.1 Å². The van der Waals surface area contributed by atoms with Crippen LogP contribution < -0.4 is 14.8 Å². The van der Waals surface area contributed by atoms with Crippen molar-refractivity contribution in [1.29, 1.82) is 0 Å². The zero-order valence-electron chi connectivity index (χ0n) is 11.7. The van der Waals surface area contributed by atoms with Crippen LogP contribution in [0.4, 0.5) is 5.13 Å². The number of aryl methyl sites for hydroxylation is 1. The number of hydrogen-bond donors (Lipinski definition) is 1. The molecule has 112 valence electrons. The predicted molar refractivity (Wildman–Crippen MR) is 86.4 cm³/mol. The van der Waals surface area contributed by atoms with Gasteiger partial charge in [0.25, 0.3) is 0 Å². The van der Waals surface area contributed by atoms with Gasteiger partial charge in [-0.25, -0.2) is 0 Å². The van der Waals surface area contributed by atoms with Gasteiger partial charge in [-0.3, -0.25) is 0 Å². The lowest BCUT2D eigenvalue weighted by Crippen LogP contribution is -2.01. The number of halogens is 1. The second-order valence-corrected chi connectivity index (χ2v) is 6.58. The zero-order chi connectivity index (χ0) is 14.7. The van der Waals surface area contributed by atoms with Crippen LogP contribution in [0.5, 0.6) is 11.5 Å². The molecule has 0 spiro atoms. The Kier molecular flexibility index (Phi) is 4.60. The average molecular weight is 370 g/mol. The van der Waals surface area contributed by atoms with Crippen molar-refractivity contribution < 1.29 is 9.47 Å². The average Bonchev–Trinajstić information content (AvgIpc) is 2.82. The topological polar surface area (TPSA) is 56.3 Å². The molecule has 1 aliphatic heterocycles. The van der Waals surface area contributed by atoms with Crippen molar-refractivity contribution in [1.82, 2.24) is 10.2 Å². The summed E-state index contributed by atoms with van der Waals surface area (Å²) in [5.74, 6) is 1.59. The minimum atomic E-state index is 0.674. The van der Waals surface area contributed by atoms with Crippen LogP contribution in [0.25, 0.3) is 0 Å². The first-order valence-corrected chi connectivity index (χ1v) is 8.51. The molecule has 21 heavy (non-hydrogen) atoms. The highest BCUT2D eigenvalue weighted by Gasteiger charge is 2.15. The molecule has 0 radical (unpaired) electrons. The van der Waals surface area contributed by atoms with Gasteiger partial charge in [0, 0.05) is 13.0 Å². The van der Waals surface area contributed by atoms with E-state index in [0.717, 1.165) is 44.5 Å². The Balaban J connectivity index is 1.73. The summed E-state index contributed by atoms with van der Waals surface area (Å²) in [5, 5.41) is 13.4. The summed E-state index contributed by atoms with van der Waals surface area (Å²) in [4.78, 5) is 0. The molecule has 0 aliphatic carbocycles. The highest BCUT2D eigenvalue weighted by atomic mass is 79.9. The quantitative estimate of drug-likeness (QED) is 0.891. The van der Waals surface area contributed by atoms with Gasteiger partial charge >= 0.3 is 0 Å². The van der Waals surface area contributed by atoms with Crippen LogP contribution in [-0.2, 0) is 13.0 Å². The molecule has 2 heterocycles. The monoisotopic (exact) mass is 369 g/mol.